The summed E-state index contributed by atoms with van der Waals surface area (Å²) >= 11 is 0. The molecule has 14 heteroatoms. The van der Waals surface area contributed by atoms with E-state index >= 15 is 0 Å². The number of aryl methyl sites for hydroxylation is 1. The van der Waals surface area contributed by atoms with E-state index in [1.54, 1.807) is 18.3 Å². The molecule has 0 saturated heterocycles. The zero-order valence-corrected chi connectivity index (χ0v) is 18.1. The van der Waals surface area contributed by atoms with Gasteiger partial charge in [-0.2, -0.15) is 5.21 Å². The normalized spacial score (nSPS) is 11.3. The van der Waals surface area contributed by atoms with E-state index < -0.39 is 15.8 Å². The van der Waals surface area contributed by atoms with Crippen LogP contribution >= 0.6 is 0 Å². The highest BCUT2D eigenvalue weighted by Crippen LogP contribution is 2.22. The molecular weight excluding hydrogens is 451 g/mol. The van der Waals surface area contributed by atoms with Gasteiger partial charge in [-0.15, -0.1) is 20.4 Å². The van der Waals surface area contributed by atoms with Crippen molar-refractivity contribution in [2.75, 3.05) is 23.7 Å². The van der Waals surface area contributed by atoms with Crippen molar-refractivity contribution in [1.29, 1.82) is 0 Å². The Hall–Kier alpha value is -4.04. The molecule has 1 aromatic carbocycles. The molecule has 0 unspecified atom stereocenters. The number of benzene rings is 1. The number of tetrazole rings is 1. The molecule has 12 nitrogen and oxygen atoms in total. The van der Waals surface area contributed by atoms with Gasteiger partial charge < -0.3 is 10.6 Å². The Morgan fingerprint density at radius 2 is 1.76 bits per heavy atom. The van der Waals surface area contributed by atoms with Crippen LogP contribution in [0.4, 0.5) is 21.8 Å². The first-order valence-electron chi connectivity index (χ1n) is 9.71. The summed E-state index contributed by atoms with van der Waals surface area (Å²) in [6.07, 6.45) is 1.74. The first kappa shape index (κ1) is 22.2. The topological polar surface area (TPSA) is 163 Å². The van der Waals surface area contributed by atoms with Gasteiger partial charge in [0.15, 0.2) is 5.82 Å². The minimum absolute atomic E-state index is 0.0408. The summed E-state index contributed by atoms with van der Waals surface area (Å²) in [5.74, 6) is 0.935. The molecule has 4 aromatic rings. The van der Waals surface area contributed by atoms with Crippen molar-refractivity contribution >= 4 is 27.5 Å². The Morgan fingerprint density at radius 3 is 2.45 bits per heavy atom. The first-order chi connectivity index (χ1) is 15.9. The monoisotopic (exact) mass is 470 g/mol. The Bertz CT molecular complexity index is 1310. The average Bonchev–Trinajstić information content (AvgIpc) is 3.34. The van der Waals surface area contributed by atoms with E-state index in [-0.39, 0.29) is 29.4 Å². The zero-order valence-electron chi connectivity index (χ0n) is 17.3. The standard InChI is InChI=1S/C19H19FN10O2S/c1-12-2-5-16(22-11-12)24-18-7-6-17(25-26-18)21-8-9-23-33(31,32)13-3-4-15(20)14(10-13)19-27-29-30-28-19/h2-7,10-11,23H,8-9H2,1H3,(H,21,25)(H,22,24,26)(H,27,28,29,30). The minimum Gasteiger partial charge on any atom is -0.367 e. The molecular formula is C19H19FN10O2S. The number of sulfonamides is 1. The quantitative estimate of drug-likeness (QED) is 0.264. The molecule has 0 spiro atoms. The van der Waals surface area contributed by atoms with Gasteiger partial charge in [0.2, 0.25) is 15.8 Å². The van der Waals surface area contributed by atoms with Gasteiger partial charge in [-0.1, -0.05) is 6.07 Å². The molecule has 0 aliphatic carbocycles. The molecule has 3 aromatic heterocycles. The summed E-state index contributed by atoms with van der Waals surface area (Å²) in [6, 6.07) is 10.5. The van der Waals surface area contributed by atoms with E-state index in [0.29, 0.717) is 17.5 Å². The summed E-state index contributed by atoms with van der Waals surface area (Å²) in [7, 11) is -3.89. The largest absolute Gasteiger partial charge is 0.367 e. The molecule has 0 radical (unpaired) electrons. The number of aromatic nitrogens is 7. The maximum atomic E-state index is 14.0. The molecule has 0 aliphatic rings. The van der Waals surface area contributed by atoms with Crippen molar-refractivity contribution in [3.05, 3.63) is 60.0 Å². The minimum atomic E-state index is -3.89. The number of halogens is 1. The molecule has 0 bridgehead atoms. The lowest BCUT2D eigenvalue weighted by molar-refractivity contribution is 0.582. The van der Waals surface area contributed by atoms with Crippen molar-refractivity contribution in [2.45, 2.75) is 11.8 Å². The fourth-order valence-corrected chi connectivity index (χ4v) is 3.80. The van der Waals surface area contributed by atoms with E-state index in [0.717, 1.165) is 23.8 Å². The van der Waals surface area contributed by atoms with Crippen LogP contribution in [0.3, 0.4) is 0 Å². The number of H-pyrrole nitrogens is 1. The molecule has 4 N–H and O–H groups in total. The molecule has 3 heterocycles. The molecule has 33 heavy (non-hydrogen) atoms. The Balaban J connectivity index is 1.30. The van der Waals surface area contributed by atoms with E-state index in [2.05, 4.69) is 51.2 Å². The van der Waals surface area contributed by atoms with Crippen molar-refractivity contribution < 1.29 is 12.8 Å². The third-order valence-corrected chi connectivity index (χ3v) is 5.85. The lowest BCUT2D eigenvalue weighted by atomic mass is 10.2. The summed E-state index contributed by atoms with van der Waals surface area (Å²) in [4.78, 5) is 4.12. The van der Waals surface area contributed by atoms with Crippen LogP contribution in [0, 0.1) is 12.7 Å². The van der Waals surface area contributed by atoms with E-state index in [9.17, 15) is 12.8 Å². The second-order valence-electron chi connectivity index (χ2n) is 6.85. The van der Waals surface area contributed by atoms with Crippen LogP contribution in [0.5, 0.6) is 0 Å². The number of hydrogen-bond acceptors (Lipinski definition) is 10. The van der Waals surface area contributed by atoms with Crippen molar-refractivity contribution in [2.24, 2.45) is 0 Å². The van der Waals surface area contributed by atoms with Gasteiger partial charge in [-0.05, 0) is 54.1 Å². The van der Waals surface area contributed by atoms with Crippen LogP contribution in [-0.2, 0) is 10.0 Å². The third-order valence-electron chi connectivity index (χ3n) is 4.39. The van der Waals surface area contributed by atoms with Crippen LogP contribution in [0.15, 0.2) is 53.6 Å². The van der Waals surface area contributed by atoms with Gasteiger partial charge >= 0.3 is 0 Å². The summed E-state index contributed by atoms with van der Waals surface area (Å²) in [6.45, 7) is 2.26. The number of nitrogens with one attached hydrogen (secondary N) is 4. The van der Waals surface area contributed by atoms with Crippen LogP contribution in [0.1, 0.15) is 5.56 Å². The van der Waals surface area contributed by atoms with Gasteiger partial charge in [-0.3, -0.25) is 0 Å². The lowest BCUT2D eigenvalue weighted by Crippen LogP contribution is -2.29. The number of rotatable bonds is 9. The van der Waals surface area contributed by atoms with Crippen molar-refractivity contribution in [3.63, 3.8) is 0 Å². The number of pyridine rings is 1. The Morgan fingerprint density at radius 1 is 0.970 bits per heavy atom. The van der Waals surface area contributed by atoms with Crippen LogP contribution in [0.2, 0.25) is 0 Å². The summed E-state index contributed by atoms with van der Waals surface area (Å²) in [5, 5.41) is 27.0. The molecule has 0 atom stereocenters. The van der Waals surface area contributed by atoms with Gasteiger partial charge in [0.25, 0.3) is 0 Å². The van der Waals surface area contributed by atoms with Crippen molar-refractivity contribution in [1.82, 2.24) is 40.5 Å². The van der Waals surface area contributed by atoms with E-state index in [1.807, 2.05) is 19.1 Å². The third kappa shape index (κ3) is 5.61. The number of hydrogen-bond donors (Lipinski definition) is 4. The molecule has 0 fully saturated rings. The van der Waals surface area contributed by atoms with Crippen molar-refractivity contribution in [3.8, 4) is 11.4 Å². The van der Waals surface area contributed by atoms with E-state index in [1.165, 1.54) is 0 Å². The second-order valence-corrected chi connectivity index (χ2v) is 8.62. The zero-order chi connectivity index (χ0) is 23.3. The second kappa shape index (κ2) is 9.62. The maximum absolute atomic E-state index is 14.0. The highest BCUT2D eigenvalue weighted by molar-refractivity contribution is 7.89. The molecule has 0 saturated carbocycles. The Kier molecular flexibility index (Phi) is 6.46. The summed E-state index contributed by atoms with van der Waals surface area (Å²) in [5.41, 5.74) is 0.975. The van der Waals surface area contributed by atoms with Crippen LogP contribution in [-0.4, -0.2) is 57.3 Å². The lowest BCUT2D eigenvalue weighted by Gasteiger charge is -2.10. The van der Waals surface area contributed by atoms with Gasteiger partial charge in [0, 0.05) is 19.3 Å². The highest BCUT2D eigenvalue weighted by Gasteiger charge is 2.18. The fourth-order valence-electron chi connectivity index (χ4n) is 2.74. The van der Waals surface area contributed by atoms with E-state index in [4.69, 9.17) is 0 Å². The number of aromatic amines is 1. The fraction of sp³-hybridized carbons (Fsp3) is 0.158. The van der Waals surface area contributed by atoms with Gasteiger partial charge in [-0.25, -0.2) is 22.5 Å². The molecule has 0 aliphatic heterocycles. The van der Waals surface area contributed by atoms with Crippen LogP contribution < -0.4 is 15.4 Å². The number of anilines is 3. The molecule has 170 valence electrons. The molecule has 4 rings (SSSR count). The summed E-state index contributed by atoms with van der Waals surface area (Å²) < 4.78 is 41.6. The predicted octanol–water partition coefficient (Wildman–Crippen LogP) is 1.63. The predicted molar refractivity (Wildman–Crippen MR) is 118 cm³/mol. The van der Waals surface area contributed by atoms with Gasteiger partial charge in [0.05, 0.1) is 10.5 Å². The SMILES string of the molecule is Cc1ccc(Nc2ccc(NCCNS(=O)(=O)c3ccc(F)c(-c4nn[nH]n4)c3)nn2)nc1. The van der Waals surface area contributed by atoms with Gasteiger partial charge in [0.1, 0.15) is 17.5 Å². The average molecular weight is 470 g/mol. The number of nitrogens with zero attached hydrogens (tertiary/aromatic N) is 6. The Labute approximate surface area is 188 Å². The van der Waals surface area contributed by atoms with Crippen LogP contribution in [0.25, 0.3) is 11.4 Å². The maximum Gasteiger partial charge on any atom is 0.240 e. The smallest absolute Gasteiger partial charge is 0.240 e. The molecule has 0 amide bonds. The first-order valence-corrected chi connectivity index (χ1v) is 11.2. The highest BCUT2D eigenvalue weighted by atomic mass is 32.2.